The van der Waals surface area contributed by atoms with Gasteiger partial charge in [0.05, 0.1) is 0 Å². The van der Waals surface area contributed by atoms with Gasteiger partial charge in [0.15, 0.2) is 0 Å². The number of carbonyl (C=O) groups excluding carboxylic acids is 1. The van der Waals surface area contributed by atoms with Crippen LogP contribution in [0.3, 0.4) is 0 Å². The molecule has 3 heteroatoms. The second-order valence-corrected chi connectivity index (χ2v) is 5.10. The Balaban J connectivity index is 4.19. The number of hydrogen-bond acceptors (Lipinski definition) is 3. The molecule has 0 aliphatic carbocycles. The van der Waals surface area contributed by atoms with Crippen LogP contribution in [0.1, 0.15) is 47.0 Å². The summed E-state index contributed by atoms with van der Waals surface area (Å²) in [5.41, 5.74) is 4.53. The lowest BCUT2D eigenvalue weighted by Crippen LogP contribution is -2.48. The third-order valence-corrected chi connectivity index (χ3v) is 1.97. The Morgan fingerprint density at radius 2 is 1.93 bits per heavy atom. The number of esters is 1. The molecule has 0 aromatic heterocycles. The zero-order chi connectivity index (χ0) is 12.1. The predicted molar refractivity (Wildman–Crippen MR) is 62.5 cm³/mol. The number of rotatable bonds is 5. The average Bonchev–Trinajstić information content (AvgIpc) is 2.01. The highest BCUT2D eigenvalue weighted by atomic mass is 16.6. The van der Waals surface area contributed by atoms with Crippen LogP contribution in [0.2, 0.25) is 0 Å². The predicted octanol–water partition coefficient (Wildman–Crippen LogP) is 2.40. The van der Waals surface area contributed by atoms with Gasteiger partial charge < -0.3 is 10.5 Å². The summed E-state index contributed by atoms with van der Waals surface area (Å²) in [6.45, 7) is 10.9. The van der Waals surface area contributed by atoms with Crippen LogP contribution in [0.15, 0.2) is 12.7 Å². The van der Waals surface area contributed by atoms with Gasteiger partial charge in [0.25, 0.3) is 0 Å². The molecule has 0 amide bonds. The van der Waals surface area contributed by atoms with Crippen molar-refractivity contribution in [1.82, 2.24) is 0 Å². The molecular weight excluding hydrogens is 190 g/mol. The summed E-state index contributed by atoms with van der Waals surface area (Å²) in [6, 6.07) is 0. The smallest absolute Gasteiger partial charge is 0.326 e. The maximum Gasteiger partial charge on any atom is 0.326 e. The lowest BCUT2D eigenvalue weighted by Gasteiger charge is -2.28. The highest BCUT2D eigenvalue weighted by molar-refractivity contribution is 5.80. The topological polar surface area (TPSA) is 52.3 Å². The van der Waals surface area contributed by atoms with Gasteiger partial charge >= 0.3 is 5.97 Å². The van der Waals surface area contributed by atoms with Gasteiger partial charge in [-0.15, -0.1) is 6.58 Å². The Hall–Kier alpha value is -0.830. The molecule has 0 fully saturated rings. The molecule has 0 rings (SSSR count). The summed E-state index contributed by atoms with van der Waals surface area (Å²) in [7, 11) is 0. The lowest BCUT2D eigenvalue weighted by atomic mass is 9.96. The summed E-state index contributed by atoms with van der Waals surface area (Å²) < 4.78 is 5.24. The molecule has 0 spiro atoms. The second-order valence-electron chi connectivity index (χ2n) is 5.10. The molecule has 2 N–H and O–H groups in total. The van der Waals surface area contributed by atoms with Gasteiger partial charge in [0.2, 0.25) is 0 Å². The van der Waals surface area contributed by atoms with Crippen LogP contribution in [0, 0.1) is 0 Å². The highest BCUT2D eigenvalue weighted by Crippen LogP contribution is 2.17. The number of nitrogens with two attached hydrogens (primary N) is 1. The maximum absolute atomic E-state index is 11.7. The fraction of sp³-hybridized carbons (Fsp3) is 0.750. The van der Waals surface area contributed by atoms with Crippen molar-refractivity contribution in [2.75, 3.05) is 0 Å². The van der Waals surface area contributed by atoms with E-state index < -0.39 is 11.1 Å². The normalized spacial score (nSPS) is 15.5. The molecule has 0 aromatic rings. The molecule has 15 heavy (non-hydrogen) atoms. The van der Waals surface area contributed by atoms with Crippen LogP contribution in [0.25, 0.3) is 0 Å². The number of hydrogen-bond donors (Lipinski definition) is 1. The van der Waals surface area contributed by atoms with Crippen LogP contribution in [-0.2, 0) is 9.53 Å². The number of allylic oxidation sites excluding steroid dienone is 1. The second kappa shape index (κ2) is 5.31. The van der Waals surface area contributed by atoms with E-state index in [4.69, 9.17) is 10.5 Å². The fourth-order valence-corrected chi connectivity index (χ4v) is 1.11. The summed E-state index contributed by atoms with van der Waals surface area (Å²) in [6.07, 6.45) is 4.17. The number of unbranched alkanes of at least 4 members (excludes halogenated alkanes) is 1. The Labute approximate surface area is 92.7 Å². The first-order valence-electron chi connectivity index (χ1n) is 5.32. The van der Waals surface area contributed by atoms with E-state index in [2.05, 4.69) is 6.58 Å². The van der Waals surface area contributed by atoms with E-state index in [1.54, 1.807) is 6.92 Å². The first-order valence-corrected chi connectivity index (χ1v) is 5.32. The van der Waals surface area contributed by atoms with E-state index in [9.17, 15) is 4.79 Å². The van der Waals surface area contributed by atoms with E-state index >= 15 is 0 Å². The van der Waals surface area contributed by atoms with E-state index in [-0.39, 0.29) is 5.97 Å². The van der Waals surface area contributed by atoms with Gasteiger partial charge in [-0.3, -0.25) is 4.79 Å². The monoisotopic (exact) mass is 213 g/mol. The minimum Gasteiger partial charge on any atom is -0.459 e. The molecule has 0 aliphatic heterocycles. The Bertz CT molecular complexity index is 226. The molecule has 1 atom stereocenters. The van der Waals surface area contributed by atoms with Crippen LogP contribution in [-0.4, -0.2) is 17.1 Å². The lowest BCUT2D eigenvalue weighted by molar-refractivity contribution is -0.161. The summed E-state index contributed by atoms with van der Waals surface area (Å²) in [5.74, 6) is -0.334. The zero-order valence-electron chi connectivity index (χ0n) is 10.3. The first-order chi connectivity index (χ1) is 6.69. The van der Waals surface area contributed by atoms with Crippen molar-refractivity contribution in [3.8, 4) is 0 Å². The van der Waals surface area contributed by atoms with Crippen molar-refractivity contribution in [2.24, 2.45) is 5.73 Å². The molecule has 0 unspecified atom stereocenters. The molecule has 0 radical (unpaired) electrons. The summed E-state index contributed by atoms with van der Waals surface area (Å²) >= 11 is 0. The van der Waals surface area contributed by atoms with Crippen LogP contribution in [0.5, 0.6) is 0 Å². The average molecular weight is 213 g/mol. The Morgan fingerprint density at radius 1 is 1.40 bits per heavy atom. The van der Waals surface area contributed by atoms with Crippen molar-refractivity contribution in [3.63, 3.8) is 0 Å². The van der Waals surface area contributed by atoms with E-state index in [1.807, 2.05) is 26.8 Å². The van der Waals surface area contributed by atoms with Gasteiger partial charge in [-0.05, 0) is 47.0 Å². The molecule has 0 bridgehead atoms. The molecule has 0 aliphatic rings. The fourth-order valence-electron chi connectivity index (χ4n) is 1.11. The van der Waals surface area contributed by atoms with Crippen LogP contribution < -0.4 is 5.73 Å². The molecule has 0 heterocycles. The zero-order valence-corrected chi connectivity index (χ0v) is 10.3. The van der Waals surface area contributed by atoms with Gasteiger partial charge in [0, 0.05) is 0 Å². The van der Waals surface area contributed by atoms with Crippen molar-refractivity contribution in [3.05, 3.63) is 12.7 Å². The number of carbonyl (C=O) groups is 1. The Morgan fingerprint density at radius 3 is 2.33 bits per heavy atom. The van der Waals surface area contributed by atoms with E-state index in [0.717, 1.165) is 12.8 Å². The van der Waals surface area contributed by atoms with Gasteiger partial charge in [0.1, 0.15) is 11.1 Å². The SMILES string of the molecule is C=CCCC[C@@](C)(N)C(=O)OC(C)(C)C. The summed E-state index contributed by atoms with van der Waals surface area (Å²) in [4.78, 5) is 11.7. The Kier molecular flexibility index (Phi) is 5.01. The largest absolute Gasteiger partial charge is 0.459 e. The maximum atomic E-state index is 11.7. The minimum absolute atomic E-state index is 0.334. The van der Waals surface area contributed by atoms with Gasteiger partial charge in [-0.2, -0.15) is 0 Å². The van der Waals surface area contributed by atoms with Gasteiger partial charge in [-0.25, -0.2) is 0 Å². The summed E-state index contributed by atoms with van der Waals surface area (Å²) in [5, 5.41) is 0. The van der Waals surface area contributed by atoms with Crippen molar-refractivity contribution in [1.29, 1.82) is 0 Å². The molecule has 88 valence electrons. The van der Waals surface area contributed by atoms with Crippen molar-refractivity contribution < 1.29 is 9.53 Å². The van der Waals surface area contributed by atoms with Crippen molar-refractivity contribution in [2.45, 2.75) is 58.1 Å². The molecule has 3 nitrogen and oxygen atoms in total. The third-order valence-electron chi connectivity index (χ3n) is 1.97. The first kappa shape index (κ1) is 14.2. The van der Waals surface area contributed by atoms with Gasteiger partial charge in [-0.1, -0.05) is 6.08 Å². The molecule has 0 saturated heterocycles. The molecule has 0 aromatic carbocycles. The van der Waals surface area contributed by atoms with Crippen molar-refractivity contribution >= 4 is 5.97 Å². The van der Waals surface area contributed by atoms with Crippen LogP contribution in [0.4, 0.5) is 0 Å². The number of ether oxygens (including phenoxy) is 1. The highest BCUT2D eigenvalue weighted by Gasteiger charge is 2.32. The van der Waals surface area contributed by atoms with E-state index in [0.29, 0.717) is 6.42 Å². The quantitative estimate of drug-likeness (QED) is 0.433. The molecular formula is C12H23NO2. The van der Waals surface area contributed by atoms with Crippen LogP contribution >= 0.6 is 0 Å². The standard InChI is InChI=1S/C12H23NO2/c1-6-7-8-9-12(5,13)10(14)15-11(2,3)4/h6H,1,7-9,13H2,2-5H3/t12-/m1/s1. The third kappa shape index (κ3) is 6.28. The molecule has 0 saturated carbocycles. The minimum atomic E-state index is -0.893. The van der Waals surface area contributed by atoms with E-state index in [1.165, 1.54) is 0 Å².